The molecule has 1 heterocycles. The van der Waals surface area contributed by atoms with Crippen molar-refractivity contribution in [3.05, 3.63) is 36.5 Å². The Kier molecular flexibility index (Phi) is 4.36. The van der Waals surface area contributed by atoms with Crippen molar-refractivity contribution in [3.8, 4) is 6.07 Å². The number of rotatable bonds is 5. The van der Waals surface area contributed by atoms with Gasteiger partial charge >= 0.3 is 0 Å². The summed E-state index contributed by atoms with van der Waals surface area (Å²) in [6.45, 7) is 4.56. The molecule has 15 heavy (non-hydrogen) atoms. The molecule has 0 aromatic carbocycles. The highest BCUT2D eigenvalue weighted by atomic mass is 15.2. The van der Waals surface area contributed by atoms with E-state index in [-0.39, 0.29) is 0 Å². The van der Waals surface area contributed by atoms with Crippen LogP contribution in [0.4, 0.5) is 5.82 Å². The van der Waals surface area contributed by atoms with Gasteiger partial charge in [-0.3, -0.25) is 0 Å². The van der Waals surface area contributed by atoms with Crippen LogP contribution in [0.5, 0.6) is 0 Å². The summed E-state index contributed by atoms with van der Waals surface area (Å²) >= 11 is 0. The molecule has 0 bridgehead atoms. The van der Waals surface area contributed by atoms with Crippen molar-refractivity contribution in [1.29, 1.82) is 5.26 Å². The Morgan fingerprint density at radius 3 is 3.13 bits per heavy atom. The fourth-order valence-corrected chi connectivity index (χ4v) is 1.37. The fourth-order valence-electron chi connectivity index (χ4n) is 1.37. The largest absolute Gasteiger partial charge is 0.359 e. The molecule has 1 rings (SSSR count). The highest BCUT2D eigenvalue weighted by Crippen LogP contribution is 2.14. The van der Waals surface area contributed by atoms with E-state index >= 15 is 0 Å². The predicted molar refractivity (Wildman–Crippen MR) is 61.7 cm³/mol. The average Bonchev–Trinajstić information content (AvgIpc) is 2.29. The molecule has 0 aliphatic heterocycles. The van der Waals surface area contributed by atoms with Crippen LogP contribution in [0.1, 0.15) is 18.4 Å². The zero-order valence-electron chi connectivity index (χ0n) is 8.98. The third-order valence-corrected chi connectivity index (χ3v) is 2.17. The molecule has 0 unspecified atom stereocenters. The highest BCUT2D eigenvalue weighted by Gasteiger charge is 2.06. The smallest absolute Gasteiger partial charge is 0.146 e. The van der Waals surface area contributed by atoms with Crippen LogP contribution in [-0.4, -0.2) is 18.6 Å². The Hall–Kier alpha value is -1.82. The molecule has 0 N–H and O–H groups in total. The Morgan fingerprint density at radius 2 is 2.47 bits per heavy atom. The van der Waals surface area contributed by atoms with E-state index in [1.807, 2.05) is 18.0 Å². The lowest BCUT2D eigenvalue weighted by Crippen LogP contribution is -2.20. The summed E-state index contributed by atoms with van der Waals surface area (Å²) in [7, 11) is 1.95. The van der Waals surface area contributed by atoms with E-state index in [4.69, 9.17) is 5.26 Å². The second kappa shape index (κ2) is 5.82. The minimum Gasteiger partial charge on any atom is -0.359 e. The van der Waals surface area contributed by atoms with Crippen molar-refractivity contribution in [2.75, 3.05) is 18.5 Å². The number of hydrogen-bond acceptors (Lipinski definition) is 3. The summed E-state index contributed by atoms with van der Waals surface area (Å²) in [5.74, 6) is 0.754. The van der Waals surface area contributed by atoms with Crippen LogP contribution in [0.25, 0.3) is 0 Å². The molecule has 1 aromatic heterocycles. The molecule has 1 aromatic rings. The van der Waals surface area contributed by atoms with Crippen molar-refractivity contribution in [3.63, 3.8) is 0 Å². The maximum Gasteiger partial charge on any atom is 0.146 e. The summed E-state index contributed by atoms with van der Waals surface area (Å²) in [5.41, 5.74) is 0.624. The van der Waals surface area contributed by atoms with Crippen LogP contribution in [0.3, 0.4) is 0 Å². The van der Waals surface area contributed by atoms with Gasteiger partial charge in [-0.25, -0.2) is 4.98 Å². The van der Waals surface area contributed by atoms with Crippen molar-refractivity contribution < 1.29 is 0 Å². The maximum absolute atomic E-state index is 8.91. The van der Waals surface area contributed by atoms with Crippen LogP contribution in [-0.2, 0) is 0 Å². The minimum absolute atomic E-state index is 0.624. The molecule has 0 aliphatic carbocycles. The molecule has 0 aliphatic rings. The summed E-state index contributed by atoms with van der Waals surface area (Å²) in [5, 5.41) is 8.91. The van der Waals surface area contributed by atoms with E-state index in [0.717, 1.165) is 25.2 Å². The maximum atomic E-state index is 8.91. The lowest BCUT2D eigenvalue weighted by atomic mass is 10.2. The van der Waals surface area contributed by atoms with E-state index in [1.165, 1.54) is 0 Å². The van der Waals surface area contributed by atoms with Gasteiger partial charge < -0.3 is 4.90 Å². The van der Waals surface area contributed by atoms with Crippen molar-refractivity contribution >= 4 is 5.82 Å². The zero-order chi connectivity index (χ0) is 11.1. The first-order valence-corrected chi connectivity index (χ1v) is 4.96. The van der Waals surface area contributed by atoms with Crippen molar-refractivity contribution in [1.82, 2.24) is 4.98 Å². The van der Waals surface area contributed by atoms with Crippen LogP contribution in [0.2, 0.25) is 0 Å². The molecule has 0 amide bonds. The number of nitrogens with zero attached hydrogens (tertiary/aromatic N) is 3. The number of anilines is 1. The number of pyridine rings is 1. The monoisotopic (exact) mass is 201 g/mol. The first-order valence-electron chi connectivity index (χ1n) is 4.96. The third-order valence-electron chi connectivity index (χ3n) is 2.17. The van der Waals surface area contributed by atoms with Gasteiger partial charge in [-0.2, -0.15) is 5.26 Å². The second-order valence-corrected chi connectivity index (χ2v) is 3.34. The molecule has 0 fully saturated rings. The van der Waals surface area contributed by atoms with E-state index < -0.39 is 0 Å². The van der Waals surface area contributed by atoms with E-state index in [0.29, 0.717) is 5.56 Å². The highest BCUT2D eigenvalue weighted by molar-refractivity contribution is 5.52. The molecule has 0 radical (unpaired) electrons. The Balaban J connectivity index is 2.69. The molecule has 78 valence electrons. The minimum atomic E-state index is 0.624. The van der Waals surface area contributed by atoms with Gasteiger partial charge in [0.05, 0.1) is 5.56 Å². The number of nitriles is 1. The lowest BCUT2D eigenvalue weighted by Gasteiger charge is -2.18. The quantitative estimate of drug-likeness (QED) is 0.542. The summed E-state index contributed by atoms with van der Waals surface area (Å²) in [6, 6.07) is 5.70. The van der Waals surface area contributed by atoms with Gasteiger partial charge in [0.15, 0.2) is 0 Å². The first kappa shape index (κ1) is 11.3. The number of allylic oxidation sites excluding steroid dienone is 1. The van der Waals surface area contributed by atoms with E-state index in [2.05, 4.69) is 17.6 Å². The van der Waals surface area contributed by atoms with E-state index in [1.54, 1.807) is 18.3 Å². The van der Waals surface area contributed by atoms with Crippen molar-refractivity contribution in [2.45, 2.75) is 12.8 Å². The molecule has 0 atom stereocenters. The van der Waals surface area contributed by atoms with Gasteiger partial charge in [0, 0.05) is 19.8 Å². The van der Waals surface area contributed by atoms with Gasteiger partial charge in [-0.1, -0.05) is 6.08 Å². The third kappa shape index (κ3) is 3.10. The predicted octanol–water partition coefficient (Wildman–Crippen LogP) is 2.36. The topological polar surface area (TPSA) is 39.9 Å². The molecule has 0 spiro atoms. The van der Waals surface area contributed by atoms with Gasteiger partial charge in [0.2, 0.25) is 0 Å². The summed E-state index contributed by atoms with van der Waals surface area (Å²) in [4.78, 5) is 6.21. The number of aromatic nitrogens is 1. The molecule has 0 saturated carbocycles. The average molecular weight is 201 g/mol. The second-order valence-electron chi connectivity index (χ2n) is 3.34. The van der Waals surface area contributed by atoms with Gasteiger partial charge in [0.1, 0.15) is 11.9 Å². The summed E-state index contributed by atoms with van der Waals surface area (Å²) < 4.78 is 0. The van der Waals surface area contributed by atoms with Gasteiger partial charge in [-0.15, -0.1) is 6.58 Å². The number of hydrogen-bond donors (Lipinski definition) is 0. The van der Waals surface area contributed by atoms with Gasteiger partial charge in [0.25, 0.3) is 0 Å². The van der Waals surface area contributed by atoms with Crippen LogP contribution in [0.15, 0.2) is 31.0 Å². The van der Waals surface area contributed by atoms with Crippen LogP contribution in [0, 0.1) is 11.3 Å². The first-order chi connectivity index (χ1) is 7.29. The fraction of sp³-hybridized carbons (Fsp3) is 0.333. The standard InChI is InChI=1S/C12H15N3/c1-3-4-5-9-15(2)12-11(10-13)7-6-8-14-12/h3,6-8H,1,4-5,9H2,2H3. The number of unbranched alkanes of at least 4 members (excludes halogenated alkanes) is 1. The molecule has 3 heteroatoms. The zero-order valence-corrected chi connectivity index (χ0v) is 8.98. The molecular formula is C12H15N3. The molecular weight excluding hydrogens is 186 g/mol. The van der Waals surface area contributed by atoms with Gasteiger partial charge in [-0.05, 0) is 25.0 Å². The molecule has 3 nitrogen and oxygen atoms in total. The van der Waals surface area contributed by atoms with E-state index in [9.17, 15) is 0 Å². The summed E-state index contributed by atoms with van der Waals surface area (Å²) in [6.07, 6.45) is 5.62. The van der Waals surface area contributed by atoms with Crippen LogP contribution < -0.4 is 4.90 Å². The lowest BCUT2D eigenvalue weighted by molar-refractivity contribution is 0.791. The van der Waals surface area contributed by atoms with Crippen LogP contribution >= 0.6 is 0 Å². The normalized spacial score (nSPS) is 9.33. The Bertz CT molecular complexity index is 365. The Labute approximate surface area is 90.7 Å². The van der Waals surface area contributed by atoms with Crippen molar-refractivity contribution in [2.24, 2.45) is 0 Å². The SMILES string of the molecule is C=CCCCN(C)c1ncccc1C#N. The molecule has 0 saturated heterocycles. The Morgan fingerprint density at radius 1 is 1.67 bits per heavy atom.